The van der Waals surface area contributed by atoms with E-state index in [4.69, 9.17) is 0 Å². The first-order valence-corrected chi connectivity index (χ1v) is 5.24. The Labute approximate surface area is 83.3 Å². The SMILES string of the molecule is Cn1[nH]c(=O)cc1CCC1CCCN1. The van der Waals surface area contributed by atoms with E-state index in [0.29, 0.717) is 6.04 Å². The molecule has 0 radical (unpaired) electrons. The third-order valence-corrected chi connectivity index (χ3v) is 2.92. The quantitative estimate of drug-likeness (QED) is 0.733. The van der Waals surface area contributed by atoms with Crippen LogP contribution in [0.15, 0.2) is 10.9 Å². The van der Waals surface area contributed by atoms with Crippen molar-refractivity contribution in [2.45, 2.75) is 31.7 Å². The predicted octanol–water partition coefficient (Wildman–Crippen LogP) is 0.398. The zero-order valence-corrected chi connectivity index (χ0v) is 8.55. The van der Waals surface area contributed by atoms with Gasteiger partial charge in [-0.2, -0.15) is 0 Å². The Bertz CT molecular complexity index is 346. The van der Waals surface area contributed by atoms with Crippen LogP contribution in [0, 0.1) is 0 Å². The molecule has 0 spiro atoms. The van der Waals surface area contributed by atoms with E-state index in [1.54, 1.807) is 6.07 Å². The van der Waals surface area contributed by atoms with E-state index in [9.17, 15) is 4.79 Å². The van der Waals surface area contributed by atoms with Crippen LogP contribution in [0.5, 0.6) is 0 Å². The van der Waals surface area contributed by atoms with Gasteiger partial charge in [0.2, 0.25) is 0 Å². The standard InChI is InChI=1S/C10H17N3O/c1-13-9(7-10(14)12-13)5-4-8-3-2-6-11-8/h7-8,11H,2-6H2,1H3,(H,12,14). The zero-order chi connectivity index (χ0) is 9.97. The van der Waals surface area contributed by atoms with Gasteiger partial charge in [0.15, 0.2) is 0 Å². The molecule has 78 valence electrons. The van der Waals surface area contributed by atoms with E-state index >= 15 is 0 Å². The first kappa shape index (κ1) is 9.52. The van der Waals surface area contributed by atoms with Crippen LogP contribution in [0.3, 0.4) is 0 Å². The van der Waals surface area contributed by atoms with Gasteiger partial charge < -0.3 is 5.32 Å². The fourth-order valence-corrected chi connectivity index (χ4v) is 2.08. The van der Waals surface area contributed by atoms with Crippen molar-refractivity contribution in [1.82, 2.24) is 15.1 Å². The summed E-state index contributed by atoms with van der Waals surface area (Å²) >= 11 is 0. The van der Waals surface area contributed by atoms with Crippen molar-refractivity contribution in [3.05, 3.63) is 22.1 Å². The first-order chi connectivity index (χ1) is 6.75. The van der Waals surface area contributed by atoms with Gasteiger partial charge in [0.05, 0.1) is 0 Å². The topological polar surface area (TPSA) is 49.8 Å². The highest BCUT2D eigenvalue weighted by Crippen LogP contribution is 2.11. The molecule has 1 unspecified atom stereocenters. The summed E-state index contributed by atoms with van der Waals surface area (Å²) in [5, 5.41) is 6.18. The summed E-state index contributed by atoms with van der Waals surface area (Å²) in [6.07, 6.45) is 4.67. The van der Waals surface area contributed by atoms with Crippen molar-refractivity contribution in [2.24, 2.45) is 7.05 Å². The lowest BCUT2D eigenvalue weighted by atomic mass is 10.1. The molecule has 0 saturated carbocycles. The molecule has 4 nitrogen and oxygen atoms in total. The minimum absolute atomic E-state index is 0.00174. The van der Waals surface area contributed by atoms with Gasteiger partial charge in [-0.05, 0) is 32.2 Å². The third-order valence-electron chi connectivity index (χ3n) is 2.92. The molecule has 2 N–H and O–H groups in total. The van der Waals surface area contributed by atoms with Gasteiger partial charge in [0, 0.05) is 24.8 Å². The molecule has 14 heavy (non-hydrogen) atoms. The number of nitrogens with one attached hydrogen (secondary N) is 2. The summed E-state index contributed by atoms with van der Waals surface area (Å²) in [6, 6.07) is 2.34. The lowest BCUT2D eigenvalue weighted by Gasteiger charge is -2.09. The molecule has 2 rings (SSSR count). The Morgan fingerprint density at radius 3 is 3.07 bits per heavy atom. The molecular weight excluding hydrogens is 178 g/mol. The second kappa shape index (κ2) is 4.00. The van der Waals surface area contributed by atoms with Crippen LogP contribution in [0.25, 0.3) is 0 Å². The second-order valence-electron chi connectivity index (χ2n) is 4.00. The average molecular weight is 195 g/mol. The maximum atomic E-state index is 11.0. The van der Waals surface area contributed by atoms with E-state index in [-0.39, 0.29) is 5.56 Å². The van der Waals surface area contributed by atoms with Crippen LogP contribution >= 0.6 is 0 Å². The van der Waals surface area contributed by atoms with Crippen LogP contribution in [0.4, 0.5) is 0 Å². The van der Waals surface area contributed by atoms with E-state index in [1.807, 2.05) is 11.7 Å². The molecule has 0 aromatic carbocycles. The summed E-state index contributed by atoms with van der Waals surface area (Å²) in [4.78, 5) is 11.0. The summed E-state index contributed by atoms with van der Waals surface area (Å²) < 4.78 is 1.82. The number of hydrogen-bond acceptors (Lipinski definition) is 2. The van der Waals surface area contributed by atoms with Crippen LogP contribution in [0.1, 0.15) is 25.0 Å². The van der Waals surface area contributed by atoms with E-state index < -0.39 is 0 Å². The summed E-state index contributed by atoms with van der Waals surface area (Å²) in [5.74, 6) is 0. The van der Waals surface area contributed by atoms with Gasteiger partial charge in [-0.25, -0.2) is 0 Å². The second-order valence-corrected chi connectivity index (χ2v) is 4.00. The highest BCUT2D eigenvalue weighted by molar-refractivity contribution is 5.01. The molecular formula is C10H17N3O. The summed E-state index contributed by atoms with van der Waals surface area (Å²) in [7, 11) is 1.89. The highest BCUT2D eigenvalue weighted by Gasteiger charge is 2.14. The third kappa shape index (κ3) is 2.07. The fourth-order valence-electron chi connectivity index (χ4n) is 2.08. The number of aromatic amines is 1. The minimum atomic E-state index is 0.00174. The highest BCUT2D eigenvalue weighted by atomic mass is 16.1. The Morgan fingerprint density at radius 1 is 1.64 bits per heavy atom. The summed E-state index contributed by atoms with van der Waals surface area (Å²) in [5.41, 5.74) is 1.10. The van der Waals surface area contributed by atoms with Gasteiger partial charge >= 0.3 is 0 Å². The van der Waals surface area contributed by atoms with Gasteiger partial charge in [-0.3, -0.25) is 14.6 Å². The molecule has 1 aromatic heterocycles. The van der Waals surface area contributed by atoms with Gasteiger partial charge in [-0.1, -0.05) is 0 Å². The largest absolute Gasteiger partial charge is 0.314 e. The molecule has 1 saturated heterocycles. The lowest BCUT2D eigenvalue weighted by Crippen LogP contribution is -2.22. The van der Waals surface area contributed by atoms with Crippen LogP contribution < -0.4 is 10.9 Å². The molecule has 0 amide bonds. The van der Waals surface area contributed by atoms with Crippen LogP contribution in [-0.4, -0.2) is 22.4 Å². The number of aromatic nitrogens is 2. The van der Waals surface area contributed by atoms with Gasteiger partial charge in [0.1, 0.15) is 0 Å². The van der Waals surface area contributed by atoms with Crippen molar-refractivity contribution in [3.8, 4) is 0 Å². The minimum Gasteiger partial charge on any atom is -0.314 e. The molecule has 1 atom stereocenters. The van der Waals surface area contributed by atoms with E-state index in [0.717, 1.165) is 25.1 Å². The molecule has 1 aromatic rings. The molecule has 4 heteroatoms. The number of aryl methyl sites for hydroxylation is 2. The Hall–Kier alpha value is -1.03. The van der Waals surface area contributed by atoms with Crippen LogP contribution in [-0.2, 0) is 13.5 Å². The predicted molar refractivity (Wildman–Crippen MR) is 55.4 cm³/mol. The van der Waals surface area contributed by atoms with Crippen LogP contribution in [0.2, 0.25) is 0 Å². The molecule has 0 bridgehead atoms. The number of H-pyrrole nitrogens is 1. The molecule has 0 aliphatic carbocycles. The Kier molecular flexibility index (Phi) is 2.72. The normalized spacial score (nSPS) is 21.6. The fraction of sp³-hybridized carbons (Fsp3) is 0.700. The molecule has 1 fully saturated rings. The first-order valence-electron chi connectivity index (χ1n) is 5.24. The van der Waals surface area contributed by atoms with E-state index in [1.165, 1.54) is 12.8 Å². The Morgan fingerprint density at radius 2 is 2.50 bits per heavy atom. The zero-order valence-electron chi connectivity index (χ0n) is 8.55. The maximum absolute atomic E-state index is 11.0. The van der Waals surface area contributed by atoms with E-state index in [2.05, 4.69) is 10.4 Å². The van der Waals surface area contributed by atoms with Crippen molar-refractivity contribution < 1.29 is 0 Å². The smallest absolute Gasteiger partial charge is 0.264 e. The van der Waals surface area contributed by atoms with Gasteiger partial charge in [-0.15, -0.1) is 0 Å². The molecule has 2 heterocycles. The molecule has 1 aliphatic rings. The van der Waals surface area contributed by atoms with Crippen molar-refractivity contribution >= 4 is 0 Å². The number of hydrogen-bond donors (Lipinski definition) is 2. The number of nitrogens with zero attached hydrogens (tertiary/aromatic N) is 1. The summed E-state index contributed by atoms with van der Waals surface area (Å²) in [6.45, 7) is 1.15. The average Bonchev–Trinajstić information content (AvgIpc) is 2.72. The lowest BCUT2D eigenvalue weighted by molar-refractivity contribution is 0.544. The van der Waals surface area contributed by atoms with Gasteiger partial charge in [0.25, 0.3) is 5.56 Å². The maximum Gasteiger partial charge on any atom is 0.264 e. The molecule has 1 aliphatic heterocycles. The monoisotopic (exact) mass is 195 g/mol. The Balaban J connectivity index is 1.90. The van der Waals surface area contributed by atoms with Crippen molar-refractivity contribution in [3.63, 3.8) is 0 Å². The number of rotatable bonds is 3. The van der Waals surface area contributed by atoms with Crippen molar-refractivity contribution in [1.29, 1.82) is 0 Å². The van der Waals surface area contributed by atoms with Crippen molar-refractivity contribution in [2.75, 3.05) is 6.54 Å².